The Morgan fingerprint density at radius 2 is 1.77 bits per heavy atom. The first kappa shape index (κ1) is 16.1. The Hall–Kier alpha value is -2.24. The predicted molar refractivity (Wildman–Crippen MR) is 82.0 cm³/mol. The smallest absolute Gasteiger partial charge is 0.251 e. The van der Waals surface area contributed by atoms with Gasteiger partial charge in [0.25, 0.3) is 5.91 Å². The molecule has 0 unspecified atom stereocenters. The van der Waals surface area contributed by atoms with Crippen molar-refractivity contribution in [2.75, 3.05) is 19.9 Å². The van der Waals surface area contributed by atoms with Crippen LogP contribution < -0.4 is 20.1 Å². The van der Waals surface area contributed by atoms with Crippen molar-refractivity contribution in [1.29, 1.82) is 0 Å². The van der Waals surface area contributed by atoms with Crippen molar-refractivity contribution in [3.05, 3.63) is 23.8 Å². The first-order valence-corrected chi connectivity index (χ1v) is 7.30. The molecule has 0 atom stereocenters. The van der Waals surface area contributed by atoms with Crippen LogP contribution in [-0.2, 0) is 4.79 Å². The number of fused-ring (bicyclic) bond motifs is 1. The molecule has 2 rings (SSSR count). The van der Waals surface area contributed by atoms with E-state index in [1.165, 1.54) is 0 Å². The predicted octanol–water partition coefficient (Wildman–Crippen LogP) is 1.70. The Labute approximate surface area is 130 Å². The summed E-state index contributed by atoms with van der Waals surface area (Å²) in [6.45, 7) is 6.99. The van der Waals surface area contributed by atoms with Crippen molar-refractivity contribution in [2.24, 2.45) is 5.41 Å². The molecule has 2 amide bonds. The van der Waals surface area contributed by atoms with Crippen LogP contribution in [-0.4, -0.2) is 31.7 Å². The number of ether oxygens (including phenoxy) is 2. The molecule has 6 heteroatoms. The molecule has 2 N–H and O–H groups in total. The molecular weight excluding hydrogens is 284 g/mol. The Morgan fingerprint density at radius 3 is 2.50 bits per heavy atom. The lowest BCUT2D eigenvalue weighted by Crippen LogP contribution is -2.35. The molecule has 1 aromatic rings. The van der Waals surface area contributed by atoms with Crippen molar-refractivity contribution in [3.8, 4) is 11.5 Å². The SMILES string of the molecule is CC(C)(C)CC(=O)NCCNC(=O)c1ccc2c(c1)OCO2. The molecule has 1 aliphatic heterocycles. The second kappa shape index (κ2) is 6.68. The highest BCUT2D eigenvalue weighted by Crippen LogP contribution is 2.32. The number of amides is 2. The summed E-state index contributed by atoms with van der Waals surface area (Å²) < 4.78 is 10.4. The maximum absolute atomic E-state index is 12.0. The number of carbonyl (C=O) groups is 2. The van der Waals surface area contributed by atoms with Crippen molar-refractivity contribution in [3.63, 3.8) is 0 Å². The summed E-state index contributed by atoms with van der Waals surface area (Å²) >= 11 is 0. The molecule has 120 valence electrons. The van der Waals surface area contributed by atoms with Crippen molar-refractivity contribution in [1.82, 2.24) is 10.6 Å². The van der Waals surface area contributed by atoms with E-state index in [1.54, 1.807) is 18.2 Å². The zero-order valence-electron chi connectivity index (χ0n) is 13.2. The molecule has 6 nitrogen and oxygen atoms in total. The summed E-state index contributed by atoms with van der Waals surface area (Å²) in [5.74, 6) is 1.00. The van der Waals surface area contributed by atoms with Crippen LogP contribution in [0.25, 0.3) is 0 Å². The standard InChI is InChI=1S/C16H22N2O4/c1-16(2,3)9-14(19)17-6-7-18-15(20)11-4-5-12-13(8-11)22-10-21-12/h4-5,8H,6-7,9-10H2,1-3H3,(H,17,19)(H,18,20). The van der Waals surface area contributed by atoms with E-state index < -0.39 is 0 Å². The van der Waals surface area contributed by atoms with Crippen LogP contribution in [0.2, 0.25) is 0 Å². The van der Waals surface area contributed by atoms with Crippen molar-refractivity contribution < 1.29 is 19.1 Å². The van der Waals surface area contributed by atoms with E-state index in [0.29, 0.717) is 36.6 Å². The molecule has 0 aromatic heterocycles. The average molecular weight is 306 g/mol. The monoisotopic (exact) mass is 306 g/mol. The third-order valence-electron chi connectivity index (χ3n) is 3.06. The molecule has 0 spiro atoms. The van der Waals surface area contributed by atoms with Crippen LogP contribution in [0.4, 0.5) is 0 Å². The lowest BCUT2D eigenvalue weighted by Gasteiger charge is -2.17. The van der Waals surface area contributed by atoms with E-state index in [1.807, 2.05) is 20.8 Å². The normalized spacial score (nSPS) is 12.9. The van der Waals surface area contributed by atoms with Crippen LogP contribution in [0, 0.1) is 5.41 Å². The lowest BCUT2D eigenvalue weighted by atomic mass is 9.92. The Bertz CT molecular complexity index is 564. The highest BCUT2D eigenvalue weighted by Gasteiger charge is 2.17. The zero-order chi connectivity index (χ0) is 16.2. The maximum Gasteiger partial charge on any atom is 0.251 e. The van der Waals surface area contributed by atoms with Crippen molar-refractivity contribution in [2.45, 2.75) is 27.2 Å². The summed E-state index contributed by atoms with van der Waals surface area (Å²) in [5.41, 5.74) is 0.463. The second-order valence-corrected chi connectivity index (χ2v) is 6.41. The third-order valence-corrected chi connectivity index (χ3v) is 3.06. The molecular formula is C16H22N2O4. The van der Waals surface area contributed by atoms with Gasteiger partial charge in [-0.25, -0.2) is 0 Å². The Morgan fingerprint density at radius 1 is 1.09 bits per heavy atom. The molecule has 1 aliphatic rings. The van der Waals surface area contributed by atoms with Gasteiger partial charge >= 0.3 is 0 Å². The molecule has 0 bridgehead atoms. The molecule has 0 aliphatic carbocycles. The number of nitrogens with one attached hydrogen (secondary N) is 2. The van der Waals surface area contributed by atoms with Crippen LogP contribution in [0.1, 0.15) is 37.6 Å². The van der Waals surface area contributed by atoms with Crippen LogP contribution >= 0.6 is 0 Å². The van der Waals surface area contributed by atoms with Gasteiger partial charge in [-0.15, -0.1) is 0 Å². The number of hydrogen-bond donors (Lipinski definition) is 2. The van der Waals surface area contributed by atoms with Gasteiger partial charge in [-0.1, -0.05) is 20.8 Å². The number of rotatable bonds is 5. The fourth-order valence-electron chi connectivity index (χ4n) is 2.06. The molecule has 0 saturated carbocycles. The van der Waals surface area contributed by atoms with Gasteiger partial charge in [0.15, 0.2) is 11.5 Å². The van der Waals surface area contributed by atoms with Gasteiger partial charge in [0.1, 0.15) is 0 Å². The van der Waals surface area contributed by atoms with E-state index in [-0.39, 0.29) is 24.0 Å². The van der Waals surface area contributed by atoms with Gasteiger partial charge < -0.3 is 20.1 Å². The topological polar surface area (TPSA) is 76.7 Å². The van der Waals surface area contributed by atoms with E-state index in [0.717, 1.165) is 0 Å². The molecule has 0 radical (unpaired) electrons. The van der Waals surface area contributed by atoms with E-state index in [4.69, 9.17) is 9.47 Å². The summed E-state index contributed by atoms with van der Waals surface area (Å²) in [4.78, 5) is 23.6. The van der Waals surface area contributed by atoms with Gasteiger partial charge in [-0.2, -0.15) is 0 Å². The first-order chi connectivity index (χ1) is 10.3. The molecule has 0 fully saturated rings. The fraction of sp³-hybridized carbons (Fsp3) is 0.500. The molecule has 1 aromatic carbocycles. The van der Waals surface area contributed by atoms with E-state index >= 15 is 0 Å². The fourth-order valence-corrected chi connectivity index (χ4v) is 2.06. The van der Waals surface area contributed by atoms with Gasteiger partial charge in [0.05, 0.1) is 0 Å². The lowest BCUT2D eigenvalue weighted by molar-refractivity contribution is -0.122. The van der Waals surface area contributed by atoms with E-state index in [9.17, 15) is 9.59 Å². The van der Waals surface area contributed by atoms with Gasteiger partial charge in [-0.3, -0.25) is 9.59 Å². The van der Waals surface area contributed by atoms with Gasteiger partial charge in [-0.05, 0) is 23.6 Å². The Balaban J connectivity index is 1.73. The first-order valence-electron chi connectivity index (χ1n) is 7.30. The minimum atomic E-state index is -0.205. The summed E-state index contributed by atoms with van der Waals surface area (Å²) in [7, 11) is 0. The quantitative estimate of drug-likeness (QED) is 0.812. The molecule has 22 heavy (non-hydrogen) atoms. The van der Waals surface area contributed by atoms with Crippen LogP contribution in [0.3, 0.4) is 0 Å². The van der Waals surface area contributed by atoms with Gasteiger partial charge in [0, 0.05) is 25.1 Å². The highest BCUT2D eigenvalue weighted by molar-refractivity contribution is 5.94. The minimum Gasteiger partial charge on any atom is -0.454 e. The zero-order valence-corrected chi connectivity index (χ0v) is 13.2. The van der Waals surface area contributed by atoms with Crippen molar-refractivity contribution >= 4 is 11.8 Å². The molecule has 0 saturated heterocycles. The number of benzene rings is 1. The van der Waals surface area contributed by atoms with E-state index in [2.05, 4.69) is 10.6 Å². The summed E-state index contributed by atoms with van der Waals surface area (Å²) in [5, 5.41) is 5.55. The Kier molecular flexibility index (Phi) is 4.90. The third kappa shape index (κ3) is 4.65. The number of carbonyl (C=O) groups excluding carboxylic acids is 2. The average Bonchev–Trinajstić information content (AvgIpc) is 2.88. The minimum absolute atomic E-state index is 0.00942. The van der Waals surface area contributed by atoms with Crippen LogP contribution in [0.15, 0.2) is 18.2 Å². The second-order valence-electron chi connectivity index (χ2n) is 6.41. The number of hydrogen-bond acceptors (Lipinski definition) is 4. The molecule has 1 heterocycles. The highest BCUT2D eigenvalue weighted by atomic mass is 16.7. The summed E-state index contributed by atoms with van der Waals surface area (Å²) in [6, 6.07) is 5.04. The maximum atomic E-state index is 12.0. The van der Waals surface area contributed by atoms with Crippen LogP contribution in [0.5, 0.6) is 11.5 Å². The largest absolute Gasteiger partial charge is 0.454 e. The summed E-state index contributed by atoms with van der Waals surface area (Å²) in [6.07, 6.45) is 0.461. The van der Waals surface area contributed by atoms with Gasteiger partial charge in [0.2, 0.25) is 12.7 Å².